The summed E-state index contributed by atoms with van der Waals surface area (Å²) in [5.74, 6) is 0.00421. The Kier molecular flexibility index (Phi) is 4.65. The molecule has 1 heterocycles. The second-order valence-corrected chi connectivity index (χ2v) is 6.90. The molecule has 2 aliphatic carbocycles. The second kappa shape index (κ2) is 6.44. The Hall–Kier alpha value is -1.48. The fourth-order valence-corrected chi connectivity index (χ4v) is 4.11. The average molecular weight is 358 g/mol. The number of aromatic nitrogens is 2. The van der Waals surface area contributed by atoms with Crippen LogP contribution in [-0.2, 0) is 9.53 Å². The molecule has 0 aliphatic heterocycles. The predicted octanol–water partition coefficient (Wildman–Crippen LogP) is 0.531. The molecule has 0 spiro atoms. The van der Waals surface area contributed by atoms with Crippen LogP contribution in [0.25, 0.3) is 0 Å². The molecule has 0 amide bonds. The zero-order valence-electron chi connectivity index (χ0n) is 13.5. The minimum absolute atomic E-state index is 0.0158. The number of fused-ring (bicyclic) bond motifs is 2. The van der Waals surface area contributed by atoms with Crippen molar-refractivity contribution in [3.05, 3.63) is 11.5 Å². The lowest BCUT2D eigenvalue weighted by molar-refractivity contribution is -0.825. The van der Waals surface area contributed by atoms with Gasteiger partial charge in [0.05, 0.1) is 18.4 Å². The SMILES string of the molecule is CCOC(=O)CN(c1nc(Cl)ncc1[NH2+]O)C12CCC(O)(CC1)C2. The van der Waals surface area contributed by atoms with Gasteiger partial charge in [-0.2, -0.15) is 10.5 Å². The molecule has 2 aliphatic rings. The van der Waals surface area contributed by atoms with Crippen molar-refractivity contribution in [3.8, 4) is 0 Å². The summed E-state index contributed by atoms with van der Waals surface area (Å²) in [4.78, 5) is 22.1. The quantitative estimate of drug-likeness (QED) is 0.386. The third-order valence-corrected chi connectivity index (χ3v) is 5.28. The molecule has 0 unspecified atom stereocenters. The van der Waals surface area contributed by atoms with E-state index in [1.807, 2.05) is 4.90 Å². The molecule has 9 heteroatoms. The van der Waals surface area contributed by atoms with Crippen molar-refractivity contribution in [1.29, 1.82) is 0 Å². The van der Waals surface area contributed by atoms with Gasteiger partial charge in [0.2, 0.25) is 11.0 Å². The van der Waals surface area contributed by atoms with Crippen LogP contribution in [0.4, 0.5) is 11.5 Å². The van der Waals surface area contributed by atoms with Crippen molar-refractivity contribution in [3.63, 3.8) is 0 Å². The van der Waals surface area contributed by atoms with Gasteiger partial charge in [-0.05, 0) is 50.6 Å². The Balaban J connectivity index is 2.00. The Bertz CT molecular complexity index is 634. The molecule has 0 saturated heterocycles. The molecular formula is C15H22ClN4O4+. The van der Waals surface area contributed by atoms with Crippen molar-refractivity contribution in [2.75, 3.05) is 18.1 Å². The van der Waals surface area contributed by atoms with E-state index in [2.05, 4.69) is 9.97 Å². The minimum atomic E-state index is -0.688. The molecule has 1 aromatic heterocycles. The maximum absolute atomic E-state index is 12.1. The van der Waals surface area contributed by atoms with Gasteiger partial charge in [-0.3, -0.25) is 4.79 Å². The standard InChI is InChI=1S/C15H21ClN4O4/c1-2-24-11(21)8-20(12-10(19-23)7-17-13(16)18-12)14-3-5-15(22,9-14)6-4-14/h7,19,22-23H,2-6,8-9H2,1H3/p+1. The zero-order valence-corrected chi connectivity index (χ0v) is 14.3. The zero-order chi connectivity index (χ0) is 17.4. The van der Waals surface area contributed by atoms with Crippen molar-refractivity contribution >= 4 is 29.1 Å². The number of quaternary nitrogens is 1. The smallest absolute Gasteiger partial charge is 0.325 e. The molecule has 0 radical (unpaired) electrons. The number of halogens is 1. The van der Waals surface area contributed by atoms with Crippen molar-refractivity contribution in [2.45, 2.75) is 50.2 Å². The monoisotopic (exact) mass is 357 g/mol. The maximum Gasteiger partial charge on any atom is 0.325 e. The highest BCUT2D eigenvalue weighted by molar-refractivity contribution is 6.28. The van der Waals surface area contributed by atoms with Crippen LogP contribution < -0.4 is 10.4 Å². The number of carbonyl (C=O) groups excluding carboxylic acids is 1. The van der Waals surface area contributed by atoms with Crippen LogP contribution in [0.3, 0.4) is 0 Å². The largest absolute Gasteiger partial charge is 0.465 e. The molecule has 4 N–H and O–H groups in total. The topological polar surface area (TPSA) is 112 Å². The van der Waals surface area contributed by atoms with E-state index in [1.165, 1.54) is 6.20 Å². The number of nitrogens with two attached hydrogens (primary N) is 1. The van der Waals surface area contributed by atoms with Gasteiger partial charge in [-0.1, -0.05) is 0 Å². The van der Waals surface area contributed by atoms with Gasteiger partial charge >= 0.3 is 5.97 Å². The highest BCUT2D eigenvalue weighted by Crippen LogP contribution is 2.54. The van der Waals surface area contributed by atoms with Gasteiger partial charge in [0, 0.05) is 5.54 Å². The summed E-state index contributed by atoms with van der Waals surface area (Å²) in [5.41, 5.74) is 0.195. The molecule has 8 nitrogen and oxygen atoms in total. The molecule has 1 aromatic rings. The third-order valence-electron chi connectivity index (χ3n) is 5.10. The van der Waals surface area contributed by atoms with E-state index in [1.54, 1.807) is 6.92 Å². The highest BCUT2D eigenvalue weighted by atomic mass is 35.5. The number of esters is 1. The van der Waals surface area contributed by atoms with E-state index >= 15 is 0 Å². The van der Waals surface area contributed by atoms with Crippen LogP contribution in [0.1, 0.15) is 39.0 Å². The Morgan fingerprint density at radius 1 is 1.46 bits per heavy atom. The van der Waals surface area contributed by atoms with Gasteiger partial charge < -0.3 is 14.7 Å². The first kappa shape index (κ1) is 17.3. The van der Waals surface area contributed by atoms with Gasteiger partial charge in [0.15, 0.2) is 5.82 Å². The van der Waals surface area contributed by atoms with E-state index in [0.717, 1.165) is 18.3 Å². The minimum Gasteiger partial charge on any atom is -0.465 e. The lowest BCUT2D eigenvalue weighted by atomic mass is 9.91. The van der Waals surface area contributed by atoms with Gasteiger partial charge in [-0.15, -0.1) is 0 Å². The van der Waals surface area contributed by atoms with Crippen molar-refractivity contribution in [2.24, 2.45) is 0 Å². The number of ether oxygens (including phenoxy) is 1. The summed E-state index contributed by atoms with van der Waals surface area (Å²) >= 11 is 5.94. The summed E-state index contributed by atoms with van der Waals surface area (Å²) in [6.45, 7) is 2.02. The Labute approximate surface area is 144 Å². The average Bonchev–Trinajstić information content (AvgIpc) is 3.07. The molecule has 24 heavy (non-hydrogen) atoms. The van der Waals surface area contributed by atoms with E-state index < -0.39 is 11.1 Å². The Morgan fingerprint density at radius 3 is 2.71 bits per heavy atom. The first-order valence-electron chi connectivity index (χ1n) is 8.07. The number of aliphatic hydroxyl groups is 1. The molecule has 0 atom stereocenters. The first-order chi connectivity index (χ1) is 11.4. The normalized spacial score (nSPS) is 28.2. The molecule has 132 valence electrons. The van der Waals surface area contributed by atoms with E-state index in [9.17, 15) is 15.1 Å². The lowest BCUT2D eigenvalue weighted by Crippen LogP contribution is -2.74. The first-order valence-corrected chi connectivity index (χ1v) is 8.45. The predicted molar refractivity (Wildman–Crippen MR) is 85.2 cm³/mol. The van der Waals surface area contributed by atoms with Crippen LogP contribution in [0.15, 0.2) is 6.20 Å². The fraction of sp³-hybridized carbons (Fsp3) is 0.667. The second-order valence-electron chi connectivity index (χ2n) is 6.56. The summed E-state index contributed by atoms with van der Waals surface area (Å²) in [6.07, 6.45) is 4.83. The van der Waals surface area contributed by atoms with Crippen LogP contribution in [0.2, 0.25) is 5.28 Å². The molecule has 2 fully saturated rings. The summed E-state index contributed by atoms with van der Waals surface area (Å²) in [6, 6.07) is 0. The van der Waals surface area contributed by atoms with Crippen LogP contribution >= 0.6 is 11.6 Å². The van der Waals surface area contributed by atoms with Crippen LogP contribution in [0.5, 0.6) is 0 Å². The van der Waals surface area contributed by atoms with E-state index in [0.29, 0.717) is 30.8 Å². The van der Waals surface area contributed by atoms with Crippen molar-refractivity contribution in [1.82, 2.24) is 9.97 Å². The summed E-state index contributed by atoms with van der Waals surface area (Å²) in [5, 5.41) is 20.1. The highest BCUT2D eigenvalue weighted by Gasteiger charge is 2.57. The Morgan fingerprint density at radius 2 is 2.17 bits per heavy atom. The molecule has 2 bridgehead atoms. The van der Waals surface area contributed by atoms with Crippen LogP contribution in [-0.4, -0.2) is 50.5 Å². The number of rotatable bonds is 6. The molecule has 3 rings (SSSR count). The summed E-state index contributed by atoms with van der Waals surface area (Å²) in [7, 11) is 0. The third kappa shape index (κ3) is 3.06. The van der Waals surface area contributed by atoms with E-state index in [-0.39, 0.29) is 24.4 Å². The lowest BCUT2D eigenvalue weighted by Gasteiger charge is -2.39. The number of carbonyl (C=O) groups is 1. The molecular weight excluding hydrogens is 336 g/mol. The number of nitrogens with zero attached hydrogens (tertiary/aromatic N) is 3. The van der Waals surface area contributed by atoms with Crippen LogP contribution in [0, 0.1) is 0 Å². The molecule has 2 saturated carbocycles. The number of anilines is 1. The van der Waals surface area contributed by atoms with Gasteiger partial charge in [0.25, 0.3) is 0 Å². The van der Waals surface area contributed by atoms with E-state index in [4.69, 9.17) is 16.3 Å². The summed E-state index contributed by atoms with van der Waals surface area (Å²) < 4.78 is 5.09. The van der Waals surface area contributed by atoms with Crippen molar-refractivity contribution < 1.29 is 25.3 Å². The molecule has 0 aromatic carbocycles. The number of hydrogen-bond acceptors (Lipinski definition) is 7. The maximum atomic E-state index is 12.1. The fourth-order valence-electron chi connectivity index (χ4n) is 3.98. The van der Waals surface area contributed by atoms with Gasteiger partial charge in [0.1, 0.15) is 6.54 Å². The van der Waals surface area contributed by atoms with Gasteiger partial charge in [-0.25, -0.2) is 10.2 Å². The number of hydrogen-bond donors (Lipinski definition) is 3.